The molecule has 0 radical (unpaired) electrons. The SMILES string of the molecule is O=C1CCNc2cc(Cl)ccc21. The number of ketones is 1. The van der Waals surface area contributed by atoms with Crippen LogP contribution in [0.4, 0.5) is 5.69 Å². The van der Waals surface area contributed by atoms with Crippen molar-refractivity contribution in [2.45, 2.75) is 6.42 Å². The number of hydrogen-bond donors (Lipinski definition) is 1. The average Bonchev–Trinajstić information content (AvgIpc) is 2.04. The van der Waals surface area contributed by atoms with Crippen LogP contribution in [-0.2, 0) is 0 Å². The summed E-state index contributed by atoms with van der Waals surface area (Å²) < 4.78 is 0. The maximum Gasteiger partial charge on any atom is 0.166 e. The summed E-state index contributed by atoms with van der Waals surface area (Å²) in [6.45, 7) is 0.714. The number of Topliss-reactive ketones (excluding diaryl/α,β-unsaturated/α-hetero) is 1. The van der Waals surface area contributed by atoms with Crippen molar-refractivity contribution in [3.05, 3.63) is 28.8 Å². The molecule has 0 atom stereocenters. The van der Waals surface area contributed by atoms with Gasteiger partial charge in [-0.1, -0.05) is 11.6 Å². The molecule has 0 spiro atoms. The summed E-state index contributed by atoms with van der Waals surface area (Å²) in [6.07, 6.45) is 0.578. The van der Waals surface area contributed by atoms with E-state index in [1.54, 1.807) is 18.2 Å². The number of halogens is 1. The number of benzene rings is 1. The first kappa shape index (κ1) is 7.62. The third kappa shape index (κ3) is 1.18. The second-order valence-electron chi connectivity index (χ2n) is 2.79. The van der Waals surface area contributed by atoms with Crippen LogP contribution in [0.1, 0.15) is 16.8 Å². The van der Waals surface area contributed by atoms with E-state index in [0.29, 0.717) is 18.0 Å². The molecule has 2 rings (SSSR count). The van der Waals surface area contributed by atoms with E-state index in [2.05, 4.69) is 5.32 Å². The van der Waals surface area contributed by atoms with E-state index in [4.69, 9.17) is 11.6 Å². The van der Waals surface area contributed by atoms with E-state index >= 15 is 0 Å². The molecule has 1 aliphatic heterocycles. The van der Waals surface area contributed by atoms with Gasteiger partial charge < -0.3 is 5.32 Å². The Labute approximate surface area is 75.5 Å². The third-order valence-electron chi connectivity index (χ3n) is 1.95. The Morgan fingerprint density at radius 2 is 2.25 bits per heavy atom. The molecule has 0 bridgehead atoms. The van der Waals surface area contributed by atoms with Gasteiger partial charge in [-0.3, -0.25) is 4.79 Å². The predicted molar refractivity (Wildman–Crippen MR) is 48.9 cm³/mol. The molecule has 12 heavy (non-hydrogen) atoms. The number of fused-ring (bicyclic) bond motifs is 1. The van der Waals surface area contributed by atoms with Crippen molar-refractivity contribution in [3.63, 3.8) is 0 Å². The molecule has 1 aliphatic rings. The lowest BCUT2D eigenvalue weighted by molar-refractivity contribution is 0.0984. The highest BCUT2D eigenvalue weighted by Crippen LogP contribution is 2.24. The van der Waals surface area contributed by atoms with Crippen LogP contribution < -0.4 is 5.32 Å². The Morgan fingerprint density at radius 3 is 3.08 bits per heavy atom. The predicted octanol–water partition coefficient (Wildman–Crippen LogP) is 2.34. The van der Waals surface area contributed by atoms with Crippen LogP contribution in [0.3, 0.4) is 0 Å². The number of carbonyl (C=O) groups excluding carboxylic acids is 1. The molecule has 0 unspecified atom stereocenters. The third-order valence-corrected chi connectivity index (χ3v) is 2.18. The second kappa shape index (κ2) is 2.79. The van der Waals surface area contributed by atoms with Gasteiger partial charge in [-0.25, -0.2) is 0 Å². The van der Waals surface area contributed by atoms with Gasteiger partial charge in [0.1, 0.15) is 0 Å². The Kier molecular flexibility index (Phi) is 1.77. The molecule has 0 saturated carbocycles. The van der Waals surface area contributed by atoms with Crippen molar-refractivity contribution in [1.82, 2.24) is 0 Å². The number of rotatable bonds is 0. The molecule has 1 heterocycles. The maximum atomic E-state index is 11.3. The fraction of sp³-hybridized carbons (Fsp3) is 0.222. The molecule has 2 nitrogen and oxygen atoms in total. The molecular formula is C9H8ClNO. The first-order valence-electron chi connectivity index (χ1n) is 3.84. The summed E-state index contributed by atoms with van der Waals surface area (Å²) in [4.78, 5) is 11.3. The van der Waals surface area contributed by atoms with Gasteiger partial charge >= 0.3 is 0 Å². The van der Waals surface area contributed by atoms with E-state index in [9.17, 15) is 4.79 Å². The van der Waals surface area contributed by atoms with Crippen molar-refractivity contribution in [2.24, 2.45) is 0 Å². The first-order valence-corrected chi connectivity index (χ1v) is 4.22. The number of nitrogens with one attached hydrogen (secondary N) is 1. The molecule has 1 aromatic carbocycles. The van der Waals surface area contributed by atoms with Crippen LogP contribution in [0.15, 0.2) is 18.2 Å². The Morgan fingerprint density at radius 1 is 1.42 bits per heavy atom. The molecule has 62 valence electrons. The smallest absolute Gasteiger partial charge is 0.166 e. The quantitative estimate of drug-likeness (QED) is 0.666. The van der Waals surface area contributed by atoms with Crippen molar-refractivity contribution < 1.29 is 4.79 Å². The van der Waals surface area contributed by atoms with Crippen molar-refractivity contribution in [1.29, 1.82) is 0 Å². The highest BCUT2D eigenvalue weighted by Gasteiger charge is 2.15. The monoisotopic (exact) mass is 181 g/mol. The molecule has 0 fully saturated rings. The van der Waals surface area contributed by atoms with Crippen LogP contribution >= 0.6 is 11.6 Å². The van der Waals surface area contributed by atoms with Crippen molar-refractivity contribution in [2.75, 3.05) is 11.9 Å². The lowest BCUT2D eigenvalue weighted by Crippen LogP contribution is -2.17. The summed E-state index contributed by atoms with van der Waals surface area (Å²) in [5, 5.41) is 3.79. The van der Waals surface area contributed by atoms with Crippen LogP contribution in [0.2, 0.25) is 5.02 Å². The molecule has 1 N–H and O–H groups in total. The van der Waals surface area contributed by atoms with Crippen molar-refractivity contribution >= 4 is 23.1 Å². The van der Waals surface area contributed by atoms with E-state index in [0.717, 1.165) is 11.3 Å². The number of hydrogen-bond acceptors (Lipinski definition) is 2. The lowest BCUT2D eigenvalue weighted by atomic mass is 10.0. The fourth-order valence-corrected chi connectivity index (χ4v) is 1.52. The molecule has 0 saturated heterocycles. The van der Waals surface area contributed by atoms with Crippen LogP contribution in [0, 0.1) is 0 Å². The fourth-order valence-electron chi connectivity index (χ4n) is 1.35. The van der Waals surface area contributed by atoms with Crippen LogP contribution in [-0.4, -0.2) is 12.3 Å². The zero-order valence-corrected chi connectivity index (χ0v) is 7.19. The van der Waals surface area contributed by atoms with Crippen LogP contribution in [0.5, 0.6) is 0 Å². The Hall–Kier alpha value is -1.02. The standard InChI is InChI=1S/C9H8ClNO/c10-6-1-2-7-8(5-6)11-4-3-9(7)12/h1-2,5,11H,3-4H2. The van der Waals surface area contributed by atoms with E-state index < -0.39 is 0 Å². The zero-order chi connectivity index (χ0) is 8.55. The van der Waals surface area contributed by atoms with E-state index in [1.807, 2.05) is 0 Å². The zero-order valence-electron chi connectivity index (χ0n) is 6.43. The molecule has 0 aliphatic carbocycles. The van der Waals surface area contributed by atoms with Crippen LogP contribution in [0.25, 0.3) is 0 Å². The minimum Gasteiger partial charge on any atom is -0.384 e. The van der Waals surface area contributed by atoms with Gasteiger partial charge in [0.05, 0.1) is 0 Å². The van der Waals surface area contributed by atoms with Gasteiger partial charge in [0.15, 0.2) is 5.78 Å². The second-order valence-corrected chi connectivity index (χ2v) is 3.23. The van der Waals surface area contributed by atoms with Crippen molar-refractivity contribution in [3.8, 4) is 0 Å². The topological polar surface area (TPSA) is 29.1 Å². The normalized spacial score (nSPS) is 15.2. The van der Waals surface area contributed by atoms with Gasteiger partial charge in [-0.05, 0) is 18.2 Å². The summed E-state index contributed by atoms with van der Waals surface area (Å²) >= 11 is 5.77. The largest absolute Gasteiger partial charge is 0.384 e. The average molecular weight is 182 g/mol. The molecular weight excluding hydrogens is 174 g/mol. The molecule has 1 aromatic rings. The Balaban J connectivity index is 2.53. The van der Waals surface area contributed by atoms with Gasteiger partial charge in [-0.15, -0.1) is 0 Å². The lowest BCUT2D eigenvalue weighted by Gasteiger charge is -2.16. The Bertz CT molecular complexity index is 335. The summed E-state index contributed by atoms with van der Waals surface area (Å²) in [5.74, 6) is 0.195. The minimum absolute atomic E-state index is 0.195. The summed E-state index contributed by atoms with van der Waals surface area (Å²) in [7, 11) is 0. The first-order chi connectivity index (χ1) is 5.77. The summed E-state index contributed by atoms with van der Waals surface area (Å²) in [6, 6.07) is 5.30. The minimum atomic E-state index is 0.195. The number of carbonyl (C=O) groups is 1. The highest BCUT2D eigenvalue weighted by molar-refractivity contribution is 6.31. The molecule has 3 heteroatoms. The highest BCUT2D eigenvalue weighted by atomic mass is 35.5. The van der Waals surface area contributed by atoms with Gasteiger partial charge in [0.25, 0.3) is 0 Å². The maximum absolute atomic E-state index is 11.3. The van der Waals surface area contributed by atoms with E-state index in [1.165, 1.54) is 0 Å². The van der Waals surface area contributed by atoms with Gasteiger partial charge in [0, 0.05) is 29.2 Å². The summed E-state index contributed by atoms with van der Waals surface area (Å²) in [5.41, 5.74) is 1.62. The van der Waals surface area contributed by atoms with Gasteiger partial charge in [-0.2, -0.15) is 0 Å². The molecule has 0 aromatic heterocycles. The van der Waals surface area contributed by atoms with E-state index in [-0.39, 0.29) is 5.78 Å². The molecule has 0 amide bonds. The number of anilines is 1. The van der Waals surface area contributed by atoms with Gasteiger partial charge in [0.2, 0.25) is 0 Å².